The molecule has 4 heteroatoms. The van der Waals surface area contributed by atoms with Gasteiger partial charge in [0, 0.05) is 16.2 Å². The van der Waals surface area contributed by atoms with Crippen molar-refractivity contribution < 1.29 is 9.32 Å². The summed E-state index contributed by atoms with van der Waals surface area (Å²) in [5.41, 5.74) is 1.85. The van der Waals surface area contributed by atoms with E-state index in [1.807, 2.05) is 43.3 Å². The molecule has 0 bridgehead atoms. The number of benzene rings is 2. The lowest BCUT2D eigenvalue weighted by Crippen LogP contribution is -2.09. The highest BCUT2D eigenvalue weighted by Crippen LogP contribution is 2.21. The molecule has 3 nitrogen and oxygen atoms in total. The van der Waals surface area contributed by atoms with E-state index in [4.69, 9.17) is 5.26 Å². The van der Waals surface area contributed by atoms with E-state index in [1.165, 1.54) is 0 Å². The molecule has 0 aromatic heterocycles. The summed E-state index contributed by atoms with van der Waals surface area (Å²) in [6, 6.07) is 16.5. The molecule has 1 unspecified atom stereocenters. The summed E-state index contributed by atoms with van der Waals surface area (Å²) >= 11 is 0. The molecule has 0 fully saturated rings. The highest BCUT2D eigenvalue weighted by molar-refractivity contribution is 7.85. The molecule has 2 rings (SSSR count). The van der Waals surface area contributed by atoms with Crippen molar-refractivity contribution in [2.75, 3.05) is 0 Å². The second-order valence-corrected chi connectivity index (χ2v) is 5.99. The number of nitrogens with zero attached hydrogens (tertiary/aromatic N) is 1. The standard InChI is InChI=1S/C16H15NO2S/c1-12-6-8-15(9-7-12)20(19)16-5-3-2-4-13(16)10-14(18)11-17/h2-9,14,18H,10H2,1H3/t14-,20?/m0/s1. The summed E-state index contributed by atoms with van der Waals surface area (Å²) in [5.74, 6) is 0. The van der Waals surface area contributed by atoms with E-state index in [9.17, 15) is 9.32 Å². The van der Waals surface area contributed by atoms with Crippen LogP contribution in [0.5, 0.6) is 0 Å². The summed E-state index contributed by atoms with van der Waals surface area (Å²) in [6.45, 7) is 1.98. The molecule has 0 aliphatic rings. The first-order chi connectivity index (χ1) is 9.61. The van der Waals surface area contributed by atoms with E-state index in [2.05, 4.69) is 0 Å². The molecule has 0 radical (unpaired) electrons. The maximum atomic E-state index is 12.6. The van der Waals surface area contributed by atoms with Crippen LogP contribution in [0.3, 0.4) is 0 Å². The quantitative estimate of drug-likeness (QED) is 0.878. The first-order valence-corrected chi connectivity index (χ1v) is 7.41. The third-order valence-electron chi connectivity index (χ3n) is 2.97. The van der Waals surface area contributed by atoms with Gasteiger partial charge in [0.25, 0.3) is 0 Å². The van der Waals surface area contributed by atoms with Crippen LogP contribution in [0, 0.1) is 18.3 Å². The Morgan fingerprint density at radius 3 is 2.50 bits per heavy atom. The summed E-state index contributed by atoms with van der Waals surface area (Å²) in [6.07, 6.45) is -0.893. The molecular formula is C16H15NO2S. The van der Waals surface area contributed by atoms with Gasteiger partial charge in [-0.25, -0.2) is 4.21 Å². The van der Waals surface area contributed by atoms with Gasteiger partial charge >= 0.3 is 0 Å². The molecule has 0 amide bonds. The van der Waals surface area contributed by atoms with Crippen molar-refractivity contribution >= 4 is 10.8 Å². The Morgan fingerprint density at radius 1 is 1.20 bits per heavy atom. The van der Waals surface area contributed by atoms with Gasteiger partial charge < -0.3 is 5.11 Å². The van der Waals surface area contributed by atoms with Gasteiger partial charge in [0.05, 0.1) is 16.9 Å². The molecule has 0 aliphatic heterocycles. The van der Waals surface area contributed by atoms with Gasteiger partial charge in [-0.2, -0.15) is 5.26 Å². The summed E-state index contributed by atoms with van der Waals surface area (Å²) in [4.78, 5) is 1.36. The van der Waals surface area contributed by atoms with Crippen molar-refractivity contribution in [3.63, 3.8) is 0 Å². The van der Waals surface area contributed by atoms with Crippen LogP contribution in [0.1, 0.15) is 11.1 Å². The van der Waals surface area contributed by atoms with Crippen LogP contribution in [0.15, 0.2) is 58.3 Å². The molecule has 20 heavy (non-hydrogen) atoms. The number of nitriles is 1. The minimum absolute atomic E-state index is 0.185. The Hall–Kier alpha value is -1.96. The van der Waals surface area contributed by atoms with Gasteiger partial charge in [-0.1, -0.05) is 35.9 Å². The van der Waals surface area contributed by atoms with Crippen LogP contribution in [-0.4, -0.2) is 15.4 Å². The Bertz CT molecular complexity index is 659. The number of aryl methyl sites for hydroxylation is 1. The smallest absolute Gasteiger partial charge is 0.144 e. The monoisotopic (exact) mass is 285 g/mol. The summed E-state index contributed by atoms with van der Waals surface area (Å²) in [5, 5.41) is 18.2. The maximum absolute atomic E-state index is 12.6. The van der Waals surface area contributed by atoms with Crippen molar-refractivity contribution in [3.05, 3.63) is 59.7 Å². The number of hydrogen-bond donors (Lipinski definition) is 1. The molecule has 102 valence electrons. The Labute approximate surface area is 121 Å². The average Bonchev–Trinajstić information content (AvgIpc) is 2.48. The topological polar surface area (TPSA) is 61.1 Å². The molecule has 2 aromatic rings. The van der Waals surface area contributed by atoms with Gasteiger partial charge in [-0.15, -0.1) is 0 Å². The minimum Gasteiger partial charge on any atom is -0.378 e. The van der Waals surface area contributed by atoms with E-state index in [0.717, 1.165) is 16.0 Å². The van der Waals surface area contributed by atoms with Gasteiger partial charge in [-0.3, -0.25) is 0 Å². The molecule has 1 N–H and O–H groups in total. The zero-order valence-corrected chi connectivity index (χ0v) is 11.9. The number of rotatable bonds is 4. The molecule has 0 spiro atoms. The fourth-order valence-corrected chi connectivity index (χ4v) is 3.12. The van der Waals surface area contributed by atoms with E-state index < -0.39 is 16.9 Å². The van der Waals surface area contributed by atoms with Gasteiger partial charge in [0.1, 0.15) is 6.10 Å². The average molecular weight is 285 g/mol. The van der Waals surface area contributed by atoms with Gasteiger partial charge in [0.15, 0.2) is 0 Å². The molecule has 2 atom stereocenters. The Kier molecular flexibility index (Phi) is 4.67. The highest BCUT2D eigenvalue weighted by atomic mass is 32.2. The predicted molar refractivity (Wildman–Crippen MR) is 77.6 cm³/mol. The Morgan fingerprint density at radius 2 is 1.85 bits per heavy atom. The van der Waals surface area contributed by atoms with E-state index >= 15 is 0 Å². The van der Waals surface area contributed by atoms with Crippen LogP contribution in [0.2, 0.25) is 0 Å². The predicted octanol–water partition coefficient (Wildman–Crippen LogP) is 2.59. The summed E-state index contributed by atoms with van der Waals surface area (Å²) < 4.78 is 12.6. The van der Waals surface area contributed by atoms with Crippen LogP contribution in [0.25, 0.3) is 0 Å². The Balaban J connectivity index is 2.35. The number of hydrogen-bond acceptors (Lipinski definition) is 3. The zero-order chi connectivity index (χ0) is 14.5. The normalized spacial score (nSPS) is 13.4. The van der Waals surface area contributed by atoms with Crippen molar-refractivity contribution in [1.82, 2.24) is 0 Å². The second-order valence-electron chi connectivity index (χ2n) is 4.54. The van der Waals surface area contributed by atoms with E-state index in [-0.39, 0.29) is 6.42 Å². The first kappa shape index (κ1) is 14.4. The molecule has 2 aromatic carbocycles. The molecular weight excluding hydrogens is 270 g/mol. The third kappa shape index (κ3) is 3.32. The van der Waals surface area contributed by atoms with Crippen molar-refractivity contribution in [2.45, 2.75) is 29.2 Å². The fraction of sp³-hybridized carbons (Fsp3) is 0.188. The maximum Gasteiger partial charge on any atom is 0.144 e. The fourth-order valence-electron chi connectivity index (χ4n) is 1.90. The van der Waals surface area contributed by atoms with Crippen molar-refractivity contribution in [1.29, 1.82) is 5.26 Å². The molecule has 0 saturated heterocycles. The van der Waals surface area contributed by atoms with E-state index in [0.29, 0.717) is 4.90 Å². The highest BCUT2D eigenvalue weighted by Gasteiger charge is 2.14. The lowest BCUT2D eigenvalue weighted by molar-refractivity contribution is 0.230. The lowest BCUT2D eigenvalue weighted by atomic mass is 10.1. The van der Waals surface area contributed by atoms with Crippen LogP contribution in [0.4, 0.5) is 0 Å². The second kappa shape index (κ2) is 6.47. The number of aliphatic hydroxyl groups is 1. The summed E-state index contributed by atoms with van der Waals surface area (Å²) in [7, 11) is -1.31. The minimum atomic E-state index is -1.31. The molecule has 0 aliphatic carbocycles. The van der Waals surface area contributed by atoms with Crippen LogP contribution in [-0.2, 0) is 17.2 Å². The molecule has 0 saturated carbocycles. The SMILES string of the molecule is Cc1ccc(S(=O)c2ccccc2C[C@H](O)C#N)cc1. The largest absolute Gasteiger partial charge is 0.378 e. The van der Waals surface area contributed by atoms with E-state index in [1.54, 1.807) is 18.2 Å². The van der Waals surface area contributed by atoms with Crippen LogP contribution >= 0.6 is 0 Å². The lowest BCUT2D eigenvalue weighted by Gasteiger charge is -2.10. The molecule has 0 heterocycles. The van der Waals surface area contributed by atoms with Gasteiger partial charge in [0.2, 0.25) is 0 Å². The first-order valence-electron chi connectivity index (χ1n) is 6.26. The van der Waals surface area contributed by atoms with Crippen molar-refractivity contribution in [2.24, 2.45) is 0 Å². The van der Waals surface area contributed by atoms with Crippen LogP contribution < -0.4 is 0 Å². The van der Waals surface area contributed by atoms with Gasteiger partial charge in [-0.05, 0) is 30.7 Å². The zero-order valence-electron chi connectivity index (χ0n) is 11.1. The van der Waals surface area contributed by atoms with Crippen molar-refractivity contribution in [3.8, 4) is 6.07 Å². The number of aliphatic hydroxyl groups excluding tert-OH is 1. The third-order valence-corrected chi connectivity index (χ3v) is 4.47.